The van der Waals surface area contributed by atoms with Crippen molar-refractivity contribution in [2.45, 2.75) is 39.5 Å². The Bertz CT molecular complexity index is 474. The van der Waals surface area contributed by atoms with Crippen LogP contribution in [0.4, 0.5) is 5.69 Å². The van der Waals surface area contributed by atoms with Gasteiger partial charge in [-0.2, -0.15) is 5.26 Å². The second-order valence-corrected chi connectivity index (χ2v) is 5.70. The van der Waals surface area contributed by atoms with Gasteiger partial charge in [0.15, 0.2) is 0 Å². The highest BCUT2D eigenvalue weighted by Crippen LogP contribution is 2.21. The summed E-state index contributed by atoms with van der Waals surface area (Å²) in [4.78, 5) is 12.0. The number of nitriles is 1. The molecule has 1 aromatic carbocycles. The summed E-state index contributed by atoms with van der Waals surface area (Å²) >= 11 is 0. The van der Waals surface area contributed by atoms with E-state index in [1.807, 2.05) is 24.3 Å². The Kier molecular flexibility index (Phi) is 7.49. The van der Waals surface area contributed by atoms with Gasteiger partial charge in [0, 0.05) is 12.1 Å². The van der Waals surface area contributed by atoms with Crippen molar-refractivity contribution in [1.82, 2.24) is 0 Å². The van der Waals surface area contributed by atoms with Crippen LogP contribution in [0.25, 0.3) is 0 Å². The van der Waals surface area contributed by atoms with Crippen molar-refractivity contribution >= 4 is 11.6 Å². The third-order valence-electron chi connectivity index (χ3n) is 3.74. The average molecular weight is 287 g/mol. The zero-order valence-corrected chi connectivity index (χ0v) is 12.9. The van der Waals surface area contributed by atoms with Gasteiger partial charge in [0.05, 0.1) is 12.5 Å². The van der Waals surface area contributed by atoms with Crippen LogP contribution < -0.4 is 11.1 Å². The maximum Gasteiger partial charge on any atom is 0.224 e. The molecule has 0 aromatic heterocycles. The standard InChI is InChI=1S/C17H25N3O/c1-13(2)15(10-12-19)5-8-17(21)20-16-6-3-14(4-7-16)9-11-18/h3-4,6-7,13,15H,5,8-10,12,19H2,1-2H3,(H,20,21). The lowest BCUT2D eigenvalue weighted by Crippen LogP contribution is -2.18. The molecule has 1 atom stereocenters. The first kappa shape index (κ1) is 17.2. The molecule has 1 unspecified atom stereocenters. The largest absolute Gasteiger partial charge is 0.330 e. The van der Waals surface area contributed by atoms with Crippen LogP contribution in [-0.4, -0.2) is 12.5 Å². The summed E-state index contributed by atoms with van der Waals surface area (Å²) in [5, 5.41) is 11.5. The van der Waals surface area contributed by atoms with Gasteiger partial charge in [-0.05, 0) is 48.9 Å². The van der Waals surface area contributed by atoms with Crippen LogP contribution in [0.1, 0.15) is 38.7 Å². The molecule has 114 valence electrons. The molecule has 1 aromatic rings. The fourth-order valence-corrected chi connectivity index (χ4v) is 2.36. The molecule has 0 spiro atoms. The summed E-state index contributed by atoms with van der Waals surface area (Å²) in [7, 11) is 0. The van der Waals surface area contributed by atoms with Crippen LogP contribution in [0, 0.1) is 23.2 Å². The van der Waals surface area contributed by atoms with E-state index in [0.717, 1.165) is 24.1 Å². The number of hydrogen-bond donors (Lipinski definition) is 2. The number of anilines is 1. The van der Waals surface area contributed by atoms with Gasteiger partial charge in [-0.25, -0.2) is 0 Å². The minimum absolute atomic E-state index is 0.0331. The number of nitrogens with zero attached hydrogens (tertiary/aromatic N) is 1. The molecular formula is C17H25N3O. The summed E-state index contributed by atoms with van der Waals surface area (Å²) in [6.45, 7) is 5.02. The molecule has 0 aliphatic carbocycles. The molecule has 4 heteroatoms. The maximum atomic E-state index is 12.0. The quantitative estimate of drug-likeness (QED) is 0.771. The number of rotatable bonds is 8. The molecule has 0 fully saturated rings. The third kappa shape index (κ3) is 6.42. The number of benzene rings is 1. The number of carbonyl (C=O) groups is 1. The van der Waals surface area contributed by atoms with E-state index in [-0.39, 0.29) is 5.91 Å². The van der Waals surface area contributed by atoms with Gasteiger partial charge in [-0.15, -0.1) is 0 Å². The van der Waals surface area contributed by atoms with Crippen LogP contribution in [-0.2, 0) is 11.2 Å². The molecule has 1 rings (SSSR count). The Balaban J connectivity index is 2.44. The molecule has 21 heavy (non-hydrogen) atoms. The Morgan fingerprint density at radius 1 is 1.29 bits per heavy atom. The summed E-state index contributed by atoms with van der Waals surface area (Å²) in [5.41, 5.74) is 7.35. The Hall–Kier alpha value is -1.86. The van der Waals surface area contributed by atoms with Crippen molar-refractivity contribution in [3.63, 3.8) is 0 Å². The van der Waals surface area contributed by atoms with Gasteiger partial charge < -0.3 is 11.1 Å². The van der Waals surface area contributed by atoms with E-state index in [1.54, 1.807) is 0 Å². The Labute approximate surface area is 127 Å². The lowest BCUT2D eigenvalue weighted by molar-refractivity contribution is -0.116. The first-order valence-corrected chi connectivity index (χ1v) is 7.52. The van der Waals surface area contributed by atoms with E-state index >= 15 is 0 Å². The summed E-state index contributed by atoms with van der Waals surface area (Å²) in [5.74, 6) is 1.08. The Morgan fingerprint density at radius 2 is 1.95 bits per heavy atom. The predicted molar refractivity (Wildman–Crippen MR) is 85.6 cm³/mol. The number of nitrogens with one attached hydrogen (secondary N) is 1. The van der Waals surface area contributed by atoms with Crippen LogP contribution >= 0.6 is 0 Å². The van der Waals surface area contributed by atoms with Gasteiger partial charge in [-0.3, -0.25) is 4.79 Å². The zero-order valence-electron chi connectivity index (χ0n) is 12.9. The van der Waals surface area contributed by atoms with Crippen molar-refractivity contribution in [2.75, 3.05) is 11.9 Å². The second kappa shape index (κ2) is 9.15. The van der Waals surface area contributed by atoms with Gasteiger partial charge in [-0.1, -0.05) is 26.0 Å². The first-order valence-electron chi connectivity index (χ1n) is 7.52. The number of carbonyl (C=O) groups excluding carboxylic acids is 1. The molecule has 0 saturated carbocycles. The first-order chi connectivity index (χ1) is 10.1. The van der Waals surface area contributed by atoms with Gasteiger partial charge in [0.25, 0.3) is 0 Å². The highest BCUT2D eigenvalue weighted by molar-refractivity contribution is 5.90. The van der Waals surface area contributed by atoms with Crippen LogP contribution in [0.3, 0.4) is 0 Å². The average Bonchev–Trinajstić information content (AvgIpc) is 2.45. The van der Waals surface area contributed by atoms with Crippen molar-refractivity contribution in [2.24, 2.45) is 17.6 Å². The monoisotopic (exact) mass is 287 g/mol. The van der Waals surface area contributed by atoms with E-state index in [1.165, 1.54) is 0 Å². The molecule has 1 amide bonds. The van der Waals surface area contributed by atoms with Crippen molar-refractivity contribution < 1.29 is 4.79 Å². The molecule has 0 heterocycles. The Morgan fingerprint density at radius 3 is 2.48 bits per heavy atom. The van der Waals surface area contributed by atoms with Gasteiger partial charge in [0.2, 0.25) is 5.91 Å². The highest BCUT2D eigenvalue weighted by Gasteiger charge is 2.14. The lowest BCUT2D eigenvalue weighted by Gasteiger charge is -2.19. The predicted octanol–water partition coefficient (Wildman–Crippen LogP) is 3.09. The highest BCUT2D eigenvalue weighted by atomic mass is 16.1. The van der Waals surface area contributed by atoms with E-state index in [0.29, 0.717) is 31.2 Å². The molecule has 0 radical (unpaired) electrons. The summed E-state index contributed by atoms with van der Waals surface area (Å²) in [6.07, 6.45) is 2.74. The molecular weight excluding hydrogens is 262 g/mol. The maximum absolute atomic E-state index is 12.0. The van der Waals surface area contributed by atoms with E-state index in [9.17, 15) is 4.79 Å². The minimum atomic E-state index is 0.0331. The summed E-state index contributed by atoms with van der Waals surface area (Å²) in [6, 6.07) is 9.51. The van der Waals surface area contributed by atoms with Crippen molar-refractivity contribution in [3.05, 3.63) is 29.8 Å². The minimum Gasteiger partial charge on any atom is -0.330 e. The fourth-order valence-electron chi connectivity index (χ4n) is 2.36. The van der Waals surface area contributed by atoms with Crippen LogP contribution in [0.5, 0.6) is 0 Å². The van der Waals surface area contributed by atoms with Gasteiger partial charge in [0.1, 0.15) is 0 Å². The normalized spacial score (nSPS) is 12.0. The van der Waals surface area contributed by atoms with Crippen LogP contribution in [0.2, 0.25) is 0 Å². The molecule has 3 N–H and O–H groups in total. The zero-order chi connectivity index (χ0) is 15.7. The van der Waals surface area contributed by atoms with Crippen LogP contribution in [0.15, 0.2) is 24.3 Å². The van der Waals surface area contributed by atoms with Gasteiger partial charge >= 0.3 is 0 Å². The topological polar surface area (TPSA) is 78.9 Å². The van der Waals surface area contributed by atoms with E-state index in [4.69, 9.17) is 11.0 Å². The van der Waals surface area contributed by atoms with Crippen molar-refractivity contribution in [3.8, 4) is 6.07 Å². The second-order valence-electron chi connectivity index (χ2n) is 5.70. The van der Waals surface area contributed by atoms with Crippen molar-refractivity contribution in [1.29, 1.82) is 5.26 Å². The van der Waals surface area contributed by atoms with E-state index in [2.05, 4.69) is 25.2 Å². The smallest absolute Gasteiger partial charge is 0.224 e. The molecule has 0 aliphatic rings. The molecule has 0 saturated heterocycles. The van der Waals surface area contributed by atoms with E-state index < -0.39 is 0 Å². The number of nitrogens with two attached hydrogens (primary N) is 1. The SMILES string of the molecule is CC(C)C(CCN)CCC(=O)Nc1ccc(CC#N)cc1. The fraction of sp³-hybridized carbons (Fsp3) is 0.529. The third-order valence-corrected chi connectivity index (χ3v) is 3.74. The summed E-state index contributed by atoms with van der Waals surface area (Å²) < 4.78 is 0. The molecule has 0 bridgehead atoms. The molecule has 4 nitrogen and oxygen atoms in total. The molecule has 0 aliphatic heterocycles. The number of amides is 1. The lowest BCUT2D eigenvalue weighted by atomic mass is 9.88. The number of hydrogen-bond acceptors (Lipinski definition) is 3.